The third-order valence-corrected chi connectivity index (χ3v) is 4.14. The summed E-state index contributed by atoms with van der Waals surface area (Å²) in [7, 11) is 0. The second-order valence-corrected chi connectivity index (χ2v) is 5.53. The van der Waals surface area contributed by atoms with E-state index in [-0.39, 0.29) is 0 Å². The first-order valence-electron chi connectivity index (χ1n) is 6.62. The fourth-order valence-electron chi connectivity index (χ4n) is 2.59. The highest BCUT2D eigenvalue weighted by molar-refractivity contribution is 9.09. The summed E-state index contributed by atoms with van der Waals surface area (Å²) < 4.78 is 0. The van der Waals surface area contributed by atoms with Gasteiger partial charge in [-0.25, -0.2) is 0 Å². The Kier molecular flexibility index (Phi) is 4.96. The maximum Gasteiger partial charge on any atom is 0.318 e. The average Bonchev–Trinajstić information content (AvgIpc) is 2.50. The SMILES string of the molecule is O=C(O)C(CCCBr)(c1ccccc1)c1ccccc1. The lowest BCUT2D eigenvalue weighted by Gasteiger charge is -2.30. The molecular formula is C17H17BrO2. The molecule has 2 aromatic carbocycles. The van der Waals surface area contributed by atoms with Crippen LogP contribution >= 0.6 is 15.9 Å². The second-order valence-electron chi connectivity index (χ2n) is 4.74. The first-order chi connectivity index (χ1) is 9.71. The van der Waals surface area contributed by atoms with E-state index < -0.39 is 11.4 Å². The Morgan fingerprint density at radius 3 is 1.75 bits per heavy atom. The Balaban J connectivity index is 2.60. The van der Waals surface area contributed by atoms with E-state index in [9.17, 15) is 9.90 Å². The minimum atomic E-state index is -0.976. The molecule has 0 heterocycles. The molecule has 104 valence electrons. The van der Waals surface area contributed by atoms with Gasteiger partial charge in [0.15, 0.2) is 0 Å². The van der Waals surface area contributed by atoms with Crippen LogP contribution in [0.1, 0.15) is 24.0 Å². The zero-order valence-electron chi connectivity index (χ0n) is 11.1. The van der Waals surface area contributed by atoms with Crippen molar-refractivity contribution < 1.29 is 9.90 Å². The number of hydrogen-bond donors (Lipinski definition) is 1. The number of hydrogen-bond acceptors (Lipinski definition) is 1. The van der Waals surface area contributed by atoms with Crippen molar-refractivity contribution in [3.8, 4) is 0 Å². The fraction of sp³-hybridized carbons (Fsp3) is 0.235. The summed E-state index contributed by atoms with van der Waals surface area (Å²) in [6, 6.07) is 19.0. The Morgan fingerprint density at radius 1 is 0.950 bits per heavy atom. The normalized spacial score (nSPS) is 11.2. The number of aliphatic carboxylic acids is 1. The van der Waals surface area contributed by atoms with Gasteiger partial charge in [0.2, 0.25) is 0 Å². The molecule has 0 atom stereocenters. The van der Waals surface area contributed by atoms with E-state index in [4.69, 9.17) is 0 Å². The van der Waals surface area contributed by atoms with Gasteiger partial charge in [-0.3, -0.25) is 4.79 Å². The highest BCUT2D eigenvalue weighted by atomic mass is 79.9. The van der Waals surface area contributed by atoms with Crippen LogP contribution in [0, 0.1) is 0 Å². The Hall–Kier alpha value is -1.61. The summed E-state index contributed by atoms with van der Waals surface area (Å²) in [6.07, 6.45) is 1.37. The third kappa shape index (κ3) is 2.78. The number of carbonyl (C=O) groups is 1. The van der Waals surface area contributed by atoms with Crippen molar-refractivity contribution in [3.63, 3.8) is 0 Å². The smallest absolute Gasteiger partial charge is 0.318 e. The average molecular weight is 333 g/mol. The first kappa shape index (κ1) is 14.8. The van der Waals surface area contributed by atoms with Crippen molar-refractivity contribution in [2.45, 2.75) is 18.3 Å². The van der Waals surface area contributed by atoms with Gasteiger partial charge in [-0.1, -0.05) is 76.6 Å². The molecule has 1 N–H and O–H groups in total. The lowest BCUT2D eigenvalue weighted by atomic mass is 9.71. The molecule has 20 heavy (non-hydrogen) atoms. The van der Waals surface area contributed by atoms with Crippen molar-refractivity contribution in [3.05, 3.63) is 71.8 Å². The van der Waals surface area contributed by atoms with Gasteiger partial charge in [0, 0.05) is 5.33 Å². The van der Waals surface area contributed by atoms with Crippen molar-refractivity contribution in [2.75, 3.05) is 5.33 Å². The quantitative estimate of drug-likeness (QED) is 0.803. The van der Waals surface area contributed by atoms with E-state index in [0.717, 1.165) is 22.9 Å². The van der Waals surface area contributed by atoms with E-state index in [1.54, 1.807) is 0 Å². The summed E-state index contributed by atoms with van der Waals surface area (Å²) in [4.78, 5) is 12.1. The monoisotopic (exact) mass is 332 g/mol. The molecule has 2 rings (SSSR count). The van der Waals surface area contributed by atoms with E-state index >= 15 is 0 Å². The molecule has 0 aliphatic rings. The standard InChI is InChI=1S/C17H17BrO2/c18-13-7-12-17(16(19)20,14-8-3-1-4-9-14)15-10-5-2-6-11-15/h1-6,8-11H,7,12-13H2,(H,19,20). The Morgan fingerprint density at radius 2 is 1.40 bits per heavy atom. The van der Waals surface area contributed by atoms with Crippen LogP contribution in [0.25, 0.3) is 0 Å². The maximum absolute atomic E-state index is 12.1. The van der Waals surface area contributed by atoms with Crippen LogP contribution in [0.4, 0.5) is 0 Å². The second kappa shape index (κ2) is 6.71. The van der Waals surface area contributed by atoms with Gasteiger partial charge in [0.25, 0.3) is 0 Å². The van der Waals surface area contributed by atoms with Crippen LogP contribution in [-0.2, 0) is 10.2 Å². The van der Waals surface area contributed by atoms with Crippen LogP contribution in [0.15, 0.2) is 60.7 Å². The summed E-state index contributed by atoms with van der Waals surface area (Å²) in [5.74, 6) is -0.796. The van der Waals surface area contributed by atoms with Crippen molar-refractivity contribution >= 4 is 21.9 Å². The van der Waals surface area contributed by atoms with Crippen LogP contribution in [0.5, 0.6) is 0 Å². The number of rotatable bonds is 6. The molecule has 0 bridgehead atoms. The molecule has 2 nitrogen and oxygen atoms in total. The lowest BCUT2D eigenvalue weighted by molar-refractivity contribution is -0.142. The Labute approximate surface area is 127 Å². The minimum Gasteiger partial charge on any atom is -0.480 e. The van der Waals surface area contributed by atoms with E-state index in [1.807, 2.05) is 60.7 Å². The maximum atomic E-state index is 12.1. The molecule has 0 aliphatic carbocycles. The fourth-order valence-corrected chi connectivity index (χ4v) is 2.87. The Bertz CT molecular complexity index is 512. The predicted octanol–water partition coefficient (Wildman–Crippen LogP) is 4.23. The number of benzene rings is 2. The van der Waals surface area contributed by atoms with Crippen molar-refractivity contribution in [1.29, 1.82) is 0 Å². The van der Waals surface area contributed by atoms with Gasteiger partial charge >= 0.3 is 5.97 Å². The molecule has 0 saturated carbocycles. The molecule has 0 aliphatic heterocycles. The molecule has 0 aromatic heterocycles. The van der Waals surface area contributed by atoms with E-state index in [0.29, 0.717) is 6.42 Å². The molecule has 0 unspecified atom stereocenters. The zero-order chi connectivity index (χ0) is 14.4. The highest BCUT2D eigenvalue weighted by Crippen LogP contribution is 2.37. The van der Waals surface area contributed by atoms with Gasteiger partial charge in [0.1, 0.15) is 5.41 Å². The van der Waals surface area contributed by atoms with Gasteiger partial charge in [-0.05, 0) is 24.0 Å². The highest BCUT2D eigenvalue weighted by Gasteiger charge is 2.41. The minimum absolute atomic E-state index is 0.571. The largest absolute Gasteiger partial charge is 0.480 e. The van der Waals surface area contributed by atoms with Crippen molar-refractivity contribution in [1.82, 2.24) is 0 Å². The molecule has 0 amide bonds. The lowest BCUT2D eigenvalue weighted by Crippen LogP contribution is -2.37. The van der Waals surface area contributed by atoms with Crippen LogP contribution in [0.2, 0.25) is 0 Å². The van der Waals surface area contributed by atoms with Gasteiger partial charge in [-0.15, -0.1) is 0 Å². The predicted molar refractivity (Wildman–Crippen MR) is 84.3 cm³/mol. The topological polar surface area (TPSA) is 37.3 Å². The number of halogens is 1. The summed E-state index contributed by atoms with van der Waals surface area (Å²) in [5.41, 5.74) is 0.690. The van der Waals surface area contributed by atoms with E-state index in [1.165, 1.54) is 0 Å². The summed E-state index contributed by atoms with van der Waals surface area (Å²) >= 11 is 3.40. The molecule has 0 fully saturated rings. The zero-order valence-corrected chi connectivity index (χ0v) is 12.7. The summed E-state index contributed by atoms with van der Waals surface area (Å²) in [5, 5.41) is 10.7. The molecule has 0 radical (unpaired) electrons. The molecule has 2 aromatic rings. The first-order valence-corrected chi connectivity index (χ1v) is 7.74. The summed E-state index contributed by atoms with van der Waals surface area (Å²) in [6.45, 7) is 0. The third-order valence-electron chi connectivity index (χ3n) is 3.58. The van der Waals surface area contributed by atoms with Crippen LogP contribution in [0.3, 0.4) is 0 Å². The van der Waals surface area contributed by atoms with Gasteiger partial charge < -0.3 is 5.11 Å². The number of carboxylic acid groups (broad SMARTS) is 1. The molecule has 3 heteroatoms. The molecular weight excluding hydrogens is 316 g/mol. The van der Waals surface area contributed by atoms with Crippen molar-refractivity contribution in [2.24, 2.45) is 0 Å². The molecule has 0 saturated heterocycles. The molecule has 0 spiro atoms. The van der Waals surface area contributed by atoms with Gasteiger partial charge in [-0.2, -0.15) is 0 Å². The number of alkyl halides is 1. The van der Waals surface area contributed by atoms with Gasteiger partial charge in [0.05, 0.1) is 0 Å². The number of carboxylic acids is 1. The van der Waals surface area contributed by atoms with E-state index in [2.05, 4.69) is 15.9 Å². The van der Waals surface area contributed by atoms with Crippen LogP contribution < -0.4 is 0 Å². The van der Waals surface area contributed by atoms with Crippen LogP contribution in [-0.4, -0.2) is 16.4 Å².